The highest BCUT2D eigenvalue weighted by molar-refractivity contribution is 6.21. The summed E-state index contributed by atoms with van der Waals surface area (Å²) in [6, 6.07) is 0. The van der Waals surface area contributed by atoms with E-state index >= 15 is 0 Å². The van der Waals surface area contributed by atoms with Gasteiger partial charge in [0.15, 0.2) is 0 Å². The average Bonchev–Trinajstić information content (AvgIpc) is 2.48. The highest BCUT2D eigenvalue weighted by Gasteiger charge is 2.28. The normalized spacial score (nSPS) is 25.9. The van der Waals surface area contributed by atoms with Gasteiger partial charge in [0.25, 0.3) is 0 Å². The Morgan fingerprint density at radius 1 is 1.64 bits per heavy atom. The van der Waals surface area contributed by atoms with Crippen molar-refractivity contribution in [1.29, 1.82) is 0 Å². The predicted octanol–water partition coefficient (Wildman–Crippen LogP) is 1.87. The van der Waals surface area contributed by atoms with Crippen LogP contribution in [0.15, 0.2) is 12.4 Å². The molecule has 0 aromatic carbocycles. The van der Waals surface area contributed by atoms with Crippen LogP contribution >= 0.6 is 11.6 Å². The monoisotopic (exact) mass is 213 g/mol. The fourth-order valence-electron chi connectivity index (χ4n) is 2.00. The molecule has 14 heavy (non-hydrogen) atoms. The van der Waals surface area contributed by atoms with Gasteiger partial charge < -0.3 is 9.47 Å². The van der Waals surface area contributed by atoms with Gasteiger partial charge in [-0.1, -0.05) is 0 Å². The molecule has 0 amide bonds. The second-order valence-electron chi connectivity index (χ2n) is 4.15. The van der Waals surface area contributed by atoms with Crippen LogP contribution in [0.5, 0.6) is 0 Å². The van der Waals surface area contributed by atoms with E-state index in [4.69, 9.17) is 11.6 Å². The Balaban J connectivity index is 1.90. The Bertz CT molecular complexity index is 304. The number of alkyl halides is 1. The minimum absolute atomic E-state index is 0.412. The van der Waals surface area contributed by atoms with Crippen molar-refractivity contribution in [2.45, 2.75) is 18.2 Å². The highest BCUT2D eigenvalue weighted by Crippen LogP contribution is 2.32. The minimum Gasteiger partial charge on any atom is -0.345 e. The molecule has 0 bridgehead atoms. The van der Waals surface area contributed by atoms with E-state index in [0.29, 0.717) is 5.38 Å². The Morgan fingerprint density at radius 3 is 2.86 bits per heavy atom. The van der Waals surface area contributed by atoms with E-state index in [2.05, 4.69) is 16.9 Å². The van der Waals surface area contributed by atoms with Crippen LogP contribution in [0.2, 0.25) is 0 Å². The van der Waals surface area contributed by atoms with E-state index in [-0.39, 0.29) is 0 Å². The number of halogens is 1. The van der Waals surface area contributed by atoms with Crippen molar-refractivity contribution in [3.05, 3.63) is 12.4 Å². The van der Waals surface area contributed by atoms with E-state index in [9.17, 15) is 0 Å². The maximum absolute atomic E-state index is 5.94. The lowest BCUT2D eigenvalue weighted by atomic mass is 9.84. The van der Waals surface area contributed by atoms with Gasteiger partial charge in [0.2, 0.25) is 5.95 Å². The molecule has 0 N–H and O–H groups in total. The molecule has 0 unspecified atom stereocenters. The quantitative estimate of drug-likeness (QED) is 0.715. The summed E-state index contributed by atoms with van der Waals surface area (Å²) in [4.78, 5) is 6.50. The summed E-state index contributed by atoms with van der Waals surface area (Å²) in [6.45, 7) is 1.06. The summed E-state index contributed by atoms with van der Waals surface area (Å²) >= 11 is 5.94. The SMILES string of the molecule is CN(CC1CC(Cl)C1)c1nccn1C. The summed E-state index contributed by atoms with van der Waals surface area (Å²) in [5.74, 6) is 1.78. The zero-order valence-electron chi connectivity index (χ0n) is 8.65. The molecule has 0 aliphatic heterocycles. The molecular formula is C10H16ClN3. The number of rotatable bonds is 3. The summed E-state index contributed by atoms with van der Waals surface area (Å²) in [6.07, 6.45) is 6.10. The molecule has 2 rings (SSSR count). The summed E-state index contributed by atoms with van der Waals surface area (Å²) in [7, 11) is 4.11. The number of imidazole rings is 1. The average molecular weight is 214 g/mol. The lowest BCUT2D eigenvalue weighted by molar-refractivity contribution is 0.327. The number of hydrogen-bond donors (Lipinski definition) is 0. The molecule has 4 heteroatoms. The molecule has 0 atom stereocenters. The van der Waals surface area contributed by atoms with Crippen LogP contribution in [0.25, 0.3) is 0 Å². The van der Waals surface area contributed by atoms with Crippen molar-refractivity contribution in [3.63, 3.8) is 0 Å². The van der Waals surface area contributed by atoms with Crippen LogP contribution in [0.3, 0.4) is 0 Å². The maximum Gasteiger partial charge on any atom is 0.204 e. The minimum atomic E-state index is 0.412. The summed E-state index contributed by atoms with van der Waals surface area (Å²) in [5, 5.41) is 0.412. The lowest BCUT2D eigenvalue weighted by Gasteiger charge is -2.34. The Kier molecular flexibility index (Phi) is 2.68. The van der Waals surface area contributed by atoms with Crippen molar-refractivity contribution >= 4 is 17.5 Å². The second-order valence-corrected chi connectivity index (χ2v) is 4.77. The first-order chi connectivity index (χ1) is 6.66. The number of nitrogens with zero attached hydrogens (tertiary/aromatic N) is 3. The van der Waals surface area contributed by atoms with Crippen LogP contribution in [0.1, 0.15) is 12.8 Å². The first-order valence-electron chi connectivity index (χ1n) is 4.99. The van der Waals surface area contributed by atoms with Gasteiger partial charge in [-0.05, 0) is 18.8 Å². The molecule has 1 heterocycles. The third-order valence-electron chi connectivity index (χ3n) is 2.85. The van der Waals surface area contributed by atoms with Crippen LogP contribution in [0, 0.1) is 5.92 Å². The van der Waals surface area contributed by atoms with Gasteiger partial charge >= 0.3 is 0 Å². The predicted molar refractivity (Wildman–Crippen MR) is 58.8 cm³/mol. The molecule has 0 spiro atoms. The molecule has 0 radical (unpaired) electrons. The summed E-state index contributed by atoms with van der Waals surface area (Å²) in [5.41, 5.74) is 0. The second kappa shape index (κ2) is 3.81. The highest BCUT2D eigenvalue weighted by atomic mass is 35.5. The first-order valence-corrected chi connectivity index (χ1v) is 5.43. The number of aromatic nitrogens is 2. The molecule has 0 saturated heterocycles. The van der Waals surface area contributed by atoms with E-state index in [0.717, 1.165) is 31.3 Å². The van der Waals surface area contributed by atoms with Crippen LogP contribution in [-0.2, 0) is 7.05 Å². The van der Waals surface area contributed by atoms with Gasteiger partial charge in [-0.25, -0.2) is 4.98 Å². The van der Waals surface area contributed by atoms with Crippen molar-refractivity contribution in [1.82, 2.24) is 9.55 Å². The van der Waals surface area contributed by atoms with Gasteiger partial charge in [0.05, 0.1) is 0 Å². The Morgan fingerprint density at radius 2 is 2.36 bits per heavy atom. The van der Waals surface area contributed by atoms with Crippen LogP contribution in [0.4, 0.5) is 5.95 Å². The molecule has 1 aliphatic carbocycles. The molecule has 3 nitrogen and oxygen atoms in total. The van der Waals surface area contributed by atoms with E-state index in [1.807, 2.05) is 24.0 Å². The zero-order chi connectivity index (χ0) is 10.1. The smallest absolute Gasteiger partial charge is 0.204 e. The van der Waals surface area contributed by atoms with Gasteiger partial charge in [-0.3, -0.25) is 0 Å². The van der Waals surface area contributed by atoms with Crippen LogP contribution in [-0.4, -0.2) is 28.5 Å². The van der Waals surface area contributed by atoms with Crippen molar-refractivity contribution in [2.75, 3.05) is 18.5 Å². The Labute approximate surface area is 89.7 Å². The van der Waals surface area contributed by atoms with E-state index < -0.39 is 0 Å². The van der Waals surface area contributed by atoms with E-state index in [1.54, 1.807) is 0 Å². The fourth-order valence-corrected chi connectivity index (χ4v) is 2.50. The molecular weight excluding hydrogens is 198 g/mol. The molecule has 1 aliphatic rings. The van der Waals surface area contributed by atoms with Gasteiger partial charge in [0, 0.05) is 38.4 Å². The van der Waals surface area contributed by atoms with Gasteiger partial charge in [0.1, 0.15) is 0 Å². The topological polar surface area (TPSA) is 21.1 Å². The number of hydrogen-bond acceptors (Lipinski definition) is 2. The zero-order valence-corrected chi connectivity index (χ0v) is 9.41. The van der Waals surface area contributed by atoms with Crippen molar-refractivity contribution in [3.8, 4) is 0 Å². The first kappa shape index (κ1) is 9.84. The number of aryl methyl sites for hydroxylation is 1. The molecule has 1 saturated carbocycles. The largest absolute Gasteiger partial charge is 0.345 e. The van der Waals surface area contributed by atoms with Crippen LogP contribution < -0.4 is 4.90 Å². The molecule has 1 aromatic rings. The third kappa shape index (κ3) is 1.87. The number of anilines is 1. The van der Waals surface area contributed by atoms with Gasteiger partial charge in [-0.15, -0.1) is 11.6 Å². The standard InChI is InChI=1S/C10H16ClN3/c1-13-4-3-12-10(13)14(2)7-8-5-9(11)6-8/h3-4,8-9H,5-7H2,1-2H3. The molecule has 78 valence electrons. The van der Waals surface area contributed by atoms with E-state index in [1.165, 1.54) is 0 Å². The molecule has 1 aromatic heterocycles. The lowest BCUT2D eigenvalue weighted by Crippen LogP contribution is -2.35. The van der Waals surface area contributed by atoms with Crippen molar-refractivity contribution in [2.24, 2.45) is 13.0 Å². The fraction of sp³-hybridized carbons (Fsp3) is 0.700. The Hall–Kier alpha value is -0.700. The van der Waals surface area contributed by atoms with Gasteiger partial charge in [-0.2, -0.15) is 0 Å². The molecule has 1 fully saturated rings. The third-order valence-corrected chi connectivity index (χ3v) is 3.20. The maximum atomic E-state index is 5.94. The van der Waals surface area contributed by atoms with Crippen molar-refractivity contribution < 1.29 is 0 Å². The summed E-state index contributed by atoms with van der Waals surface area (Å²) < 4.78 is 2.04.